The van der Waals surface area contributed by atoms with Crippen LogP contribution in [-0.4, -0.2) is 11.7 Å². The Morgan fingerprint density at radius 1 is 1.15 bits per heavy atom. The standard InChI is InChI=1S/C12H22O/c1-12(2)6-9-4-3-5-10(7-12)11(9)8-13/h9-11,13H,3-8H2,1-2H3. The largest absolute Gasteiger partial charge is 0.396 e. The molecule has 2 unspecified atom stereocenters. The summed E-state index contributed by atoms with van der Waals surface area (Å²) in [5.41, 5.74) is 0.543. The minimum absolute atomic E-state index is 0.436. The van der Waals surface area contributed by atoms with Gasteiger partial charge in [-0.15, -0.1) is 0 Å². The number of aliphatic hydroxyl groups excluding tert-OH is 1. The zero-order valence-corrected chi connectivity index (χ0v) is 8.92. The van der Waals surface area contributed by atoms with Crippen molar-refractivity contribution >= 4 is 0 Å². The minimum Gasteiger partial charge on any atom is -0.396 e. The normalized spacial score (nSPS) is 43.2. The van der Waals surface area contributed by atoms with E-state index in [2.05, 4.69) is 13.8 Å². The van der Waals surface area contributed by atoms with Crippen molar-refractivity contribution in [3.63, 3.8) is 0 Å². The van der Waals surface area contributed by atoms with Gasteiger partial charge in [0.05, 0.1) is 0 Å². The van der Waals surface area contributed by atoms with Gasteiger partial charge in [-0.3, -0.25) is 0 Å². The summed E-state index contributed by atoms with van der Waals surface area (Å²) in [7, 11) is 0. The van der Waals surface area contributed by atoms with Crippen molar-refractivity contribution < 1.29 is 5.11 Å². The number of aliphatic hydroxyl groups is 1. The molecule has 2 atom stereocenters. The van der Waals surface area contributed by atoms with Crippen LogP contribution in [0.2, 0.25) is 0 Å². The predicted octanol–water partition coefficient (Wildman–Crippen LogP) is 2.83. The summed E-state index contributed by atoms with van der Waals surface area (Å²) in [5.74, 6) is 2.29. The van der Waals surface area contributed by atoms with Crippen molar-refractivity contribution in [2.45, 2.75) is 46.0 Å². The molecule has 0 amide bonds. The zero-order valence-electron chi connectivity index (χ0n) is 8.92. The Kier molecular flexibility index (Phi) is 2.39. The van der Waals surface area contributed by atoms with Gasteiger partial charge in [0.15, 0.2) is 0 Å². The fourth-order valence-electron chi connectivity index (χ4n) is 3.76. The van der Waals surface area contributed by atoms with E-state index in [9.17, 15) is 5.11 Å². The van der Waals surface area contributed by atoms with Gasteiger partial charge in [-0.1, -0.05) is 33.1 Å². The summed E-state index contributed by atoms with van der Waals surface area (Å²) in [6, 6.07) is 0. The first-order valence-electron chi connectivity index (χ1n) is 5.73. The highest BCUT2D eigenvalue weighted by Crippen LogP contribution is 2.51. The molecule has 2 saturated carbocycles. The van der Waals surface area contributed by atoms with Gasteiger partial charge >= 0.3 is 0 Å². The number of fused-ring (bicyclic) bond motifs is 2. The van der Waals surface area contributed by atoms with Gasteiger partial charge in [0.2, 0.25) is 0 Å². The van der Waals surface area contributed by atoms with E-state index in [1.54, 1.807) is 0 Å². The summed E-state index contributed by atoms with van der Waals surface area (Å²) in [4.78, 5) is 0. The van der Waals surface area contributed by atoms with Crippen LogP contribution in [0.25, 0.3) is 0 Å². The molecule has 0 radical (unpaired) electrons. The van der Waals surface area contributed by atoms with E-state index in [-0.39, 0.29) is 0 Å². The molecule has 2 aliphatic rings. The van der Waals surface area contributed by atoms with Crippen molar-refractivity contribution in [1.29, 1.82) is 0 Å². The Balaban J connectivity index is 2.12. The van der Waals surface area contributed by atoms with Gasteiger partial charge in [-0.25, -0.2) is 0 Å². The maximum atomic E-state index is 9.37. The Hall–Kier alpha value is -0.0400. The fourth-order valence-corrected chi connectivity index (χ4v) is 3.76. The first kappa shape index (κ1) is 9.51. The van der Waals surface area contributed by atoms with Crippen molar-refractivity contribution in [2.24, 2.45) is 23.2 Å². The van der Waals surface area contributed by atoms with Gasteiger partial charge < -0.3 is 5.11 Å². The van der Waals surface area contributed by atoms with E-state index in [0.29, 0.717) is 17.9 Å². The molecule has 1 nitrogen and oxygen atoms in total. The molecule has 2 bridgehead atoms. The Bertz CT molecular complexity index is 170. The van der Waals surface area contributed by atoms with Crippen molar-refractivity contribution in [3.8, 4) is 0 Å². The Morgan fingerprint density at radius 3 is 2.15 bits per heavy atom. The molecular weight excluding hydrogens is 160 g/mol. The summed E-state index contributed by atoms with van der Waals surface area (Å²) in [6.45, 7) is 5.23. The fraction of sp³-hybridized carbons (Fsp3) is 1.00. The van der Waals surface area contributed by atoms with Crippen molar-refractivity contribution in [2.75, 3.05) is 6.61 Å². The van der Waals surface area contributed by atoms with Crippen LogP contribution in [0.3, 0.4) is 0 Å². The van der Waals surface area contributed by atoms with Crippen LogP contribution in [0.15, 0.2) is 0 Å². The number of rotatable bonds is 1. The highest BCUT2D eigenvalue weighted by Gasteiger charge is 2.42. The smallest absolute Gasteiger partial charge is 0.0464 e. The molecule has 0 aliphatic heterocycles. The van der Waals surface area contributed by atoms with Gasteiger partial charge in [-0.2, -0.15) is 0 Å². The topological polar surface area (TPSA) is 20.2 Å². The third-order valence-corrected chi connectivity index (χ3v) is 4.20. The van der Waals surface area contributed by atoms with Crippen LogP contribution >= 0.6 is 0 Å². The molecule has 1 N–H and O–H groups in total. The van der Waals surface area contributed by atoms with Gasteiger partial charge in [-0.05, 0) is 36.0 Å². The lowest BCUT2D eigenvalue weighted by Gasteiger charge is -2.48. The molecule has 1 heteroatoms. The first-order chi connectivity index (χ1) is 6.12. The van der Waals surface area contributed by atoms with E-state index in [1.165, 1.54) is 32.1 Å². The molecule has 2 aliphatic carbocycles. The summed E-state index contributed by atoms with van der Waals surface area (Å²) < 4.78 is 0. The SMILES string of the molecule is CC1(C)CC2CCCC(C1)C2CO. The first-order valence-corrected chi connectivity index (χ1v) is 5.73. The summed E-state index contributed by atoms with van der Waals surface area (Å²) in [6.07, 6.45) is 6.82. The molecule has 0 aromatic heterocycles. The molecule has 0 heterocycles. The van der Waals surface area contributed by atoms with Gasteiger partial charge in [0, 0.05) is 6.61 Å². The number of hydrogen-bond acceptors (Lipinski definition) is 1. The molecule has 2 fully saturated rings. The van der Waals surface area contributed by atoms with Crippen LogP contribution < -0.4 is 0 Å². The lowest BCUT2D eigenvalue weighted by Crippen LogP contribution is -2.41. The third kappa shape index (κ3) is 1.76. The van der Waals surface area contributed by atoms with Gasteiger partial charge in [0.25, 0.3) is 0 Å². The average Bonchev–Trinajstić information content (AvgIpc) is 2.01. The second kappa shape index (κ2) is 3.27. The third-order valence-electron chi connectivity index (χ3n) is 4.20. The van der Waals surface area contributed by atoms with Crippen LogP contribution in [0.1, 0.15) is 46.0 Å². The van der Waals surface area contributed by atoms with Crippen LogP contribution in [0.4, 0.5) is 0 Å². The average molecular weight is 182 g/mol. The van der Waals surface area contributed by atoms with E-state index in [4.69, 9.17) is 0 Å². The maximum Gasteiger partial charge on any atom is 0.0464 e. The molecule has 2 rings (SSSR count). The molecule has 13 heavy (non-hydrogen) atoms. The number of hydrogen-bond donors (Lipinski definition) is 1. The van der Waals surface area contributed by atoms with Gasteiger partial charge in [0.1, 0.15) is 0 Å². The van der Waals surface area contributed by atoms with Crippen LogP contribution in [0.5, 0.6) is 0 Å². The second-order valence-corrected chi connectivity index (χ2v) is 5.87. The molecule has 76 valence electrons. The lowest BCUT2D eigenvalue weighted by molar-refractivity contribution is -0.0132. The van der Waals surface area contributed by atoms with E-state index >= 15 is 0 Å². The minimum atomic E-state index is 0.436. The van der Waals surface area contributed by atoms with Crippen molar-refractivity contribution in [1.82, 2.24) is 0 Å². The predicted molar refractivity (Wildman–Crippen MR) is 54.4 cm³/mol. The molecule has 0 saturated heterocycles. The molecular formula is C12H22O. The maximum absolute atomic E-state index is 9.37. The highest BCUT2D eigenvalue weighted by molar-refractivity contribution is 4.92. The molecule has 0 aromatic rings. The Morgan fingerprint density at radius 2 is 1.69 bits per heavy atom. The van der Waals surface area contributed by atoms with Crippen LogP contribution in [-0.2, 0) is 0 Å². The highest BCUT2D eigenvalue weighted by atomic mass is 16.3. The second-order valence-electron chi connectivity index (χ2n) is 5.87. The van der Waals surface area contributed by atoms with Crippen molar-refractivity contribution in [3.05, 3.63) is 0 Å². The Labute approximate surface area is 81.5 Å². The van der Waals surface area contributed by atoms with Crippen LogP contribution in [0, 0.1) is 23.2 Å². The molecule has 0 aromatic carbocycles. The molecule has 0 spiro atoms. The van der Waals surface area contributed by atoms with E-state index in [0.717, 1.165) is 11.8 Å². The zero-order chi connectivity index (χ0) is 9.47. The van der Waals surface area contributed by atoms with E-state index < -0.39 is 0 Å². The summed E-state index contributed by atoms with van der Waals surface area (Å²) >= 11 is 0. The lowest BCUT2D eigenvalue weighted by atomic mass is 9.57. The monoisotopic (exact) mass is 182 g/mol. The summed E-state index contributed by atoms with van der Waals surface area (Å²) in [5, 5.41) is 9.37. The van der Waals surface area contributed by atoms with E-state index in [1.807, 2.05) is 0 Å². The quantitative estimate of drug-likeness (QED) is 0.661.